The number of nitrogens with two attached hydrogens (primary N) is 1. The van der Waals surface area contributed by atoms with Crippen LogP contribution in [-0.2, 0) is 9.59 Å². The first-order valence-electron chi connectivity index (χ1n) is 5.79. The van der Waals surface area contributed by atoms with E-state index in [-0.39, 0.29) is 23.7 Å². The first kappa shape index (κ1) is 9.33. The van der Waals surface area contributed by atoms with Crippen molar-refractivity contribution in [3.63, 3.8) is 0 Å². The molecule has 82 valence electrons. The average molecular weight is 208 g/mol. The molecule has 3 aliphatic rings. The fourth-order valence-electron chi connectivity index (χ4n) is 3.82. The summed E-state index contributed by atoms with van der Waals surface area (Å²) < 4.78 is 0. The minimum absolute atomic E-state index is 0.0165. The minimum atomic E-state index is 0.0165. The maximum atomic E-state index is 12.0. The predicted octanol–water partition coefficient (Wildman–Crippen LogP) is -0.0238. The van der Waals surface area contributed by atoms with E-state index < -0.39 is 0 Å². The van der Waals surface area contributed by atoms with E-state index in [2.05, 4.69) is 0 Å². The van der Waals surface area contributed by atoms with Crippen LogP contribution in [0.3, 0.4) is 0 Å². The van der Waals surface area contributed by atoms with Crippen molar-refractivity contribution in [2.75, 3.05) is 13.1 Å². The van der Waals surface area contributed by atoms with E-state index >= 15 is 0 Å². The second-order valence-electron chi connectivity index (χ2n) is 5.00. The van der Waals surface area contributed by atoms with E-state index in [9.17, 15) is 9.59 Å². The van der Waals surface area contributed by atoms with Crippen molar-refractivity contribution in [3.05, 3.63) is 0 Å². The van der Waals surface area contributed by atoms with Gasteiger partial charge in [0.25, 0.3) is 0 Å². The SMILES string of the molecule is NCCN1C(=O)C2[C@@H]3CC[C@H](C3)[C@H]2C1=O. The van der Waals surface area contributed by atoms with Crippen molar-refractivity contribution in [1.82, 2.24) is 4.90 Å². The van der Waals surface area contributed by atoms with Gasteiger partial charge in [-0.2, -0.15) is 0 Å². The van der Waals surface area contributed by atoms with Gasteiger partial charge in [0, 0.05) is 13.1 Å². The van der Waals surface area contributed by atoms with Crippen LogP contribution in [0.25, 0.3) is 0 Å². The lowest BCUT2D eigenvalue weighted by Gasteiger charge is -2.19. The fraction of sp³-hybridized carbons (Fsp3) is 0.818. The molecule has 4 heteroatoms. The predicted molar refractivity (Wildman–Crippen MR) is 53.6 cm³/mol. The van der Waals surface area contributed by atoms with Crippen LogP contribution >= 0.6 is 0 Å². The molecule has 1 unspecified atom stereocenters. The summed E-state index contributed by atoms with van der Waals surface area (Å²) in [4.78, 5) is 25.5. The molecule has 0 aromatic rings. The van der Waals surface area contributed by atoms with Crippen LogP contribution in [0.2, 0.25) is 0 Å². The van der Waals surface area contributed by atoms with Crippen LogP contribution in [0.1, 0.15) is 19.3 Å². The fourth-order valence-corrected chi connectivity index (χ4v) is 3.82. The number of carbonyl (C=O) groups is 2. The number of imide groups is 1. The number of nitrogens with zero attached hydrogens (tertiary/aromatic N) is 1. The molecule has 2 amide bonds. The van der Waals surface area contributed by atoms with E-state index in [1.165, 1.54) is 4.90 Å². The summed E-state index contributed by atoms with van der Waals surface area (Å²) in [6.07, 6.45) is 3.38. The summed E-state index contributed by atoms with van der Waals surface area (Å²) in [6, 6.07) is 0. The molecule has 3 fully saturated rings. The van der Waals surface area contributed by atoms with Crippen LogP contribution in [-0.4, -0.2) is 29.8 Å². The highest BCUT2D eigenvalue weighted by molar-refractivity contribution is 6.06. The molecule has 3 rings (SSSR count). The first-order valence-corrected chi connectivity index (χ1v) is 5.79. The Morgan fingerprint density at radius 3 is 2.13 bits per heavy atom. The van der Waals surface area contributed by atoms with Gasteiger partial charge < -0.3 is 5.73 Å². The van der Waals surface area contributed by atoms with Gasteiger partial charge in [-0.05, 0) is 31.1 Å². The second-order valence-corrected chi connectivity index (χ2v) is 5.00. The Labute approximate surface area is 88.8 Å². The molecule has 2 N–H and O–H groups in total. The molecule has 4 atom stereocenters. The maximum absolute atomic E-state index is 12.0. The van der Waals surface area contributed by atoms with Gasteiger partial charge in [0.1, 0.15) is 0 Å². The first-order chi connectivity index (χ1) is 7.24. The highest BCUT2D eigenvalue weighted by atomic mass is 16.2. The lowest BCUT2D eigenvalue weighted by Crippen LogP contribution is -2.36. The van der Waals surface area contributed by atoms with Gasteiger partial charge in [-0.25, -0.2) is 0 Å². The van der Waals surface area contributed by atoms with Gasteiger partial charge in [0.05, 0.1) is 11.8 Å². The zero-order chi connectivity index (χ0) is 10.6. The number of amides is 2. The molecule has 1 saturated heterocycles. The molecule has 2 bridgehead atoms. The summed E-state index contributed by atoms with van der Waals surface area (Å²) >= 11 is 0. The Kier molecular flexibility index (Phi) is 1.89. The Hall–Kier alpha value is -0.900. The average Bonchev–Trinajstić information content (AvgIpc) is 2.87. The van der Waals surface area contributed by atoms with E-state index in [0.29, 0.717) is 24.9 Å². The molecule has 2 saturated carbocycles. The third kappa shape index (κ3) is 1.06. The molecular weight excluding hydrogens is 192 g/mol. The quantitative estimate of drug-likeness (QED) is 0.648. The zero-order valence-corrected chi connectivity index (χ0v) is 8.69. The number of hydrogen-bond donors (Lipinski definition) is 1. The monoisotopic (exact) mass is 208 g/mol. The number of carbonyl (C=O) groups excluding carboxylic acids is 2. The smallest absolute Gasteiger partial charge is 0.233 e. The molecule has 0 aromatic carbocycles. The van der Waals surface area contributed by atoms with Gasteiger partial charge in [0.15, 0.2) is 0 Å². The van der Waals surface area contributed by atoms with E-state index in [4.69, 9.17) is 5.73 Å². The van der Waals surface area contributed by atoms with Crippen molar-refractivity contribution in [3.8, 4) is 0 Å². The Balaban J connectivity index is 1.90. The summed E-state index contributed by atoms with van der Waals surface area (Å²) in [5, 5.41) is 0. The highest BCUT2D eigenvalue weighted by Gasteiger charge is 2.60. The molecule has 4 nitrogen and oxygen atoms in total. The Morgan fingerprint density at radius 1 is 1.13 bits per heavy atom. The number of likely N-dealkylation sites (tertiary alicyclic amines) is 1. The highest BCUT2D eigenvalue weighted by Crippen LogP contribution is 2.55. The van der Waals surface area contributed by atoms with Crippen molar-refractivity contribution in [2.45, 2.75) is 19.3 Å². The van der Waals surface area contributed by atoms with Crippen molar-refractivity contribution >= 4 is 11.8 Å². The second kappa shape index (κ2) is 3.04. The lowest BCUT2D eigenvalue weighted by atomic mass is 9.81. The van der Waals surface area contributed by atoms with Gasteiger partial charge in [-0.15, -0.1) is 0 Å². The summed E-state index contributed by atoms with van der Waals surface area (Å²) in [6.45, 7) is 0.788. The molecule has 2 aliphatic carbocycles. The molecule has 0 aromatic heterocycles. The molecule has 0 spiro atoms. The van der Waals surface area contributed by atoms with Gasteiger partial charge in [0.2, 0.25) is 11.8 Å². The van der Waals surface area contributed by atoms with Crippen LogP contribution in [0.4, 0.5) is 0 Å². The van der Waals surface area contributed by atoms with Gasteiger partial charge in [-0.1, -0.05) is 0 Å². The van der Waals surface area contributed by atoms with Crippen LogP contribution in [0.5, 0.6) is 0 Å². The summed E-state index contributed by atoms with van der Waals surface area (Å²) in [5.74, 6) is 1.12. The number of fused-ring (bicyclic) bond motifs is 5. The topological polar surface area (TPSA) is 63.4 Å². The molecule has 1 aliphatic heterocycles. The minimum Gasteiger partial charge on any atom is -0.329 e. The standard InChI is InChI=1S/C11H16N2O2/c12-3-4-13-10(14)8-6-1-2-7(5-6)9(8)11(13)15/h6-9H,1-5,12H2/t6-,7-,8-,9?/m1/s1. The van der Waals surface area contributed by atoms with E-state index in [1.807, 2.05) is 0 Å². The van der Waals surface area contributed by atoms with E-state index in [0.717, 1.165) is 19.3 Å². The molecule has 1 heterocycles. The van der Waals surface area contributed by atoms with E-state index in [1.54, 1.807) is 0 Å². The third-order valence-electron chi connectivity index (χ3n) is 4.37. The largest absolute Gasteiger partial charge is 0.329 e. The normalized spacial score (nSPS) is 42.9. The van der Waals surface area contributed by atoms with Crippen LogP contribution in [0.15, 0.2) is 0 Å². The third-order valence-corrected chi connectivity index (χ3v) is 4.37. The summed E-state index contributed by atoms with van der Waals surface area (Å²) in [5.41, 5.74) is 5.42. The van der Waals surface area contributed by atoms with Crippen LogP contribution < -0.4 is 5.73 Å². The van der Waals surface area contributed by atoms with Crippen molar-refractivity contribution in [2.24, 2.45) is 29.4 Å². The molecule has 15 heavy (non-hydrogen) atoms. The van der Waals surface area contributed by atoms with Gasteiger partial charge >= 0.3 is 0 Å². The van der Waals surface area contributed by atoms with Crippen LogP contribution in [0, 0.1) is 23.7 Å². The lowest BCUT2D eigenvalue weighted by molar-refractivity contribution is -0.140. The Bertz CT molecular complexity index is 301. The Morgan fingerprint density at radius 2 is 1.67 bits per heavy atom. The molecule has 0 radical (unpaired) electrons. The number of rotatable bonds is 2. The number of hydrogen-bond acceptors (Lipinski definition) is 3. The maximum Gasteiger partial charge on any atom is 0.233 e. The zero-order valence-electron chi connectivity index (χ0n) is 8.69. The van der Waals surface area contributed by atoms with Gasteiger partial charge in [-0.3, -0.25) is 14.5 Å². The van der Waals surface area contributed by atoms with Crippen molar-refractivity contribution in [1.29, 1.82) is 0 Å². The molecular formula is C11H16N2O2. The summed E-state index contributed by atoms with van der Waals surface area (Å²) in [7, 11) is 0. The van der Waals surface area contributed by atoms with Crippen molar-refractivity contribution < 1.29 is 9.59 Å².